The van der Waals surface area contributed by atoms with Gasteiger partial charge in [0.15, 0.2) is 0 Å². The van der Waals surface area contributed by atoms with E-state index in [2.05, 4.69) is 5.32 Å². The van der Waals surface area contributed by atoms with E-state index in [0.29, 0.717) is 11.3 Å². The van der Waals surface area contributed by atoms with Gasteiger partial charge in [-0.3, -0.25) is 9.59 Å². The van der Waals surface area contributed by atoms with Gasteiger partial charge in [-0.2, -0.15) is 13.2 Å². The monoisotopic (exact) mass is 408 g/mol. The van der Waals surface area contributed by atoms with Crippen molar-refractivity contribution in [2.24, 2.45) is 0 Å². The number of carbonyl (C=O) groups excluding carboxylic acids is 2. The van der Waals surface area contributed by atoms with Crippen LogP contribution in [-0.2, 0) is 22.6 Å². The average molecular weight is 408 g/mol. The van der Waals surface area contributed by atoms with Gasteiger partial charge in [-0.1, -0.05) is 43.3 Å². The Kier molecular flexibility index (Phi) is 7.64. The molecular formula is C21H23F3N2O3. The average Bonchev–Trinajstić information content (AvgIpc) is 2.71. The fourth-order valence-corrected chi connectivity index (χ4v) is 2.68. The maximum Gasteiger partial charge on any atom is 0.471 e. The van der Waals surface area contributed by atoms with Crippen LogP contribution in [0.1, 0.15) is 36.1 Å². The Balaban J connectivity index is 2.06. The topological polar surface area (TPSA) is 67.4 Å². The van der Waals surface area contributed by atoms with Gasteiger partial charge in [0.05, 0.1) is 19.6 Å². The molecule has 0 aliphatic heterocycles. The van der Waals surface area contributed by atoms with E-state index in [1.165, 1.54) is 0 Å². The first kappa shape index (κ1) is 22.3. The first-order valence-corrected chi connectivity index (χ1v) is 9.09. The molecule has 2 aromatic carbocycles. The second-order valence-electron chi connectivity index (χ2n) is 6.45. The first-order chi connectivity index (χ1) is 13.7. The van der Waals surface area contributed by atoms with Crippen LogP contribution in [0.3, 0.4) is 0 Å². The molecule has 0 aliphatic carbocycles. The van der Waals surface area contributed by atoms with E-state index in [1.54, 1.807) is 55.6 Å². The molecule has 0 spiro atoms. The van der Waals surface area contributed by atoms with Crippen LogP contribution in [0, 0.1) is 0 Å². The number of hydrogen-bond acceptors (Lipinski definition) is 3. The lowest BCUT2D eigenvalue weighted by molar-refractivity contribution is -0.174. The molecule has 1 atom stereocenters. The van der Waals surface area contributed by atoms with Gasteiger partial charge in [-0.15, -0.1) is 0 Å². The number of alkyl halides is 3. The van der Waals surface area contributed by atoms with E-state index in [0.717, 1.165) is 17.5 Å². The summed E-state index contributed by atoms with van der Waals surface area (Å²) >= 11 is 0. The van der Waals surface area contributed by atoms with Crippen LogP contribution in [0.15, 0.2) is 48.5 Å². The first-order valence-electron chi connectivity index (χ1n) is 9.09. The zero-order valence-corrected chi connectivity index (χ0v) is 16.2. The quantitative estimate of drug-likeness (QED) is 0.700. The van der Waals surface area contributed by atoms with Gasteiger partial charge in [-0.25, -0.2) is 0 Å². The van der Waals surface area contributed by atoms with Gasteiger partial charge < -0.3 is 15.4 Å². The van der Waals surface area contributed by atoms with E-state index in [1.807, 2.05) is 12.2 Å². The SMILES string of the molecule is CCc1ccc([C@@H](CC(=O)NCc2ccc(OC)cc2)NC(=O)C(F)(F)F)cc1. The fraction of sp³-hybridized carbons (Fsp3) is 0.333. The van der Waals surface area contributed by atoms with Gasteiger partial charge in [0.25, 0.3) is 0 Å². The molecule has 0 saturated carbocycles. The Morgan fingerprint density at radius 2 is 1.59 bits per heavy atom. The highest BCUT2D eigenvalue weighted by molar-refractivity contribution is 5.83. The molecule has 0 unspecified atom stereocenters. The van der Waals surface area contributed by atoms with E-state index >= 15 is 0 Å². The minimum atomic E-state index is -5.03. The highest BCUT2D eigenvalue weighted by atomic mass is 19.4. The largest absolute Gasteiger partial charge is 0.497 e. The molecule has 156 valence electrons. The smallest absolute Gasteiger partial charge is 0.471 e. The molecule has 0 saturated heterocycles. The maximum atomic E-state index is 12.7. The van der Waals surface area contributed by atoms with Crippen LogP contribution < -0.4 is 15.4 Å². The Morgan fingerprint density at radius 3 is 2.10 bits per heavy atom. The third-order valence-electron chi connectivity index (χ3n) is 4.39. The number of rotatable bonds is 8. The van der Waals surface area contributed by atoms with Gasteiger partial charge in [-0.05, 0) is 35.2 Å². The van der Waals surface area contributed by atoms with Crippen molar-refractivity contribution in [3.05, 3.63) is 65.2 Å². The second-order valence-corrected chi connectivity index (χ2v) is 6.45. The summed E-state index contributed by atoms with van der Waals surface area (Å²) in [6.07, 6.45) is -4.58. The fourth-order valence-electron chi connectivity index (χ4n) is 2.68. The standard InChI is InChI=1S/C21H23F3N2O3/c1-3-14-4-8-16(9-5-14)18(26-20(28)21(22,23)24)12-19(27)25-13-15-6-10-17(29-2)11-7-15/h4-11,18H,3,12-13H2,1-2H3,(H,25,27)(H,26,28)/t18-/m1/s1. The lowest BCUT2D eigenvalue weighted by Gasteiger charge is -2.20. The normalized spacial score (nSPS) is 12.2. The molecule has 0 radical (unpaired) electrons. The summed E-state index contributed by atoms with van der Waals surface area (Å²) in [5.41, 5.74) is 2.24. The van der Waals surface area contributed by atoms with Gasteiger partial charge in [0, 0.05) is 6.54 Å². The van der Waals surface area contributed by atoms with E-state index in [4.69, 9.17) is 4.74 Å². The van der Waals surface area contributed by atoms with Crippen molar-refractivity contribution in [2.75, 3.05) is 7.11 Å². The molecule has 2 amide bonds. The molecule has 0 fully saturated rings. The van der Waals surface area contributed by atoms with Crippen LogP contribution in [0.2, 0.25) is 0 Å². The summed E-state index contributed by atoms with van der Waals surface area (Å²) < 4.78 is 43.1. The molecule has 0 heterocycles. The Labute approximate surface area is 167 Å². The van der Waals surface area contributed by atoms with Crippen LogP contribution in [-0.4, -0.2) is 25.1 Å². The predicted molar refractivity (Wildman–Crippen MR) is 102 cm³/mol. The Hall–Kier alpha value is -3.03. The second kappa shape index (κ2) is 9.95. The van der Waals surface area contributed by atoms with E-state index < -0.39 is 24.0 Å². The molecule has 29 heavy (non-hydrogen) atoms. The molecule has 2 rings (SSSR count). The summed E-state index contributed by atoms with van der Waals surface area (Å²) in [7, 11) is 1.54. The summed E-state index contributed by atoms with van der Waals surface area (Å²) in [5, 5.41) is 4.57. The van der Waals surface area contributed by atoms with Gasteiger partial charge in [0.2, 0.25) is 5.91 Å². The lowest BCUT2D eigenvalue weighted by Crippen LogP contribution is -2.40. The van der Waals surface area contributed by atoms with Crippen molar-refractivity contribution in [1.82, 2.24) is 10.6 Å². The number of carbonyl (C=O) groups is 2. The summed E-state index contributed by atoms with van der Waals surface area (Å²) in [6, 6.07) is 12.7. The zero-order valence-electron chi connectivity index (χ0n) is 16.2. The maximum absolute atomic E-state index is 12.7. The third kappa shape index (κ3) is 6.81. The Morgan fingerprint density at radius 1 is 1.00 bits per heavy atom. The number of amides is 2. The molecule has 0 bridgehead atoms. The molecule has 8 heteroatoms. The molecule has 2 N–H and O–H groups in total. The molecule has 2 aromatic rings. The number of ether oxygens (including phenoxy) is 1. The van der Waals surface area contributed by atoms with Crippen LogP contribution >= 0.6 is 0 Å². The summed E-state index contributed by atoms with van der Waals surface area (Å²) in [4.78, 5) is 23.7. The number of methoxy groups -OCH3 is 1. The van der Waals surface area contributed by atoms with Crippen molar-refractivity contribution < 1.29 is 27.5 Å². The number of halogens is 3. The van der Waals surface area contributed by atoms with Gasteiger partial charge in [0.1, 0.15) is 5.75 Å². The van der Waals surface area contributed by atoms with Crippen molar-refractivity contribution >= 4 is 11.8 Å². The number of aryl methyl sites for hydroxylation is 1. The molecule has 0 aromatic heterocycles. The summed E-state index contributed by atoms with van der Waals surface area (Å²) in [5.74, 6) is -1.89. The zero-order chi connectivity index (χ0) is 21.4. The highest BCUT2D eigenvalue weighted by Gasteiger charge is 2.40. The Bertz CT molecular complexity index is 819. The van der Waals surface area contributed by atoms with Crippen molar-refractivity contribution in [3.63, 3.8) is 0 Å². The number of nitrogens with one attached hydrogen (secondary N) is 2. The van der Waals surface area contributed by atoms with E-state index in [9.17, 15) is 22.8 Å². The molecule has 0 aliphatic rings. The van der Waals surface area contributed by atoms with Gasteiger partial charge >= 0.3 is 12.1 Å². The minimum absolute atomic E-state index is 0.206. The van der Waals surface area contributed by atoms with Crippen LogP contribution in [0.25, 0.3) is 0 Å². The molecule has 5 nitrogen and oxygen atoms in total. The highest BCUT2D eigenvalue weighted by Crippen LogP contribution is 2.22. The van der Waals surface area contributed by atoms with Crippen molar-refractivity contribution in [1.29, 1.82) is 0 Å². The predicted octanol–water partition coefficient (Wildman–Crippen LogP) is 3.68. The van der Waals surface area contributed by atoms with Crippen LogP contribution in [0.4, 0.5) is 13.2 Å². The number of hydrogen-bond donors (Lipinski definition) is 2. The van der Waals surface area contributed by atoms with Crippen LogP contribution in [0.5, 0.6) is 5.75 Å². The van der Waals surface area contributed by atoms with Crippen molar-refractivity contribution in [2.45, 2.75) is 38.5 Å². The lowest BCUT2D eigenvalue weighted by atomic mass is 10.0. The number of benzene rings is 2. The summed E-state index contributed by atoms with van der Waals surface area (Å²) in [6.45, 7) is 2.15. The van der Waals surface area contributed by atoms with Crippen molar-refractivity contribution in [3.8, 4) is 5.75 Å². The third-order valence-corrected chi connectivity index (χ3v) is 4.39. The molecular weight excluding hydrogens is 385 g/mol. The van der Waals surface area contributed by atoms with E-state index in [-0.39, 0.29) is 13.0 Å². The minimum Gasteiger partial charge on any atom is -0.497 e.